The van der Waals surface area contributed by atoms with Crippen LogP contribution < -0.4 is 5.32 Å². The number of hydrogen-bond acceptors (Lipinski definition) is 4. The normalized spacial score (nSPS) is 27.5. The molecule has 0 aliphatic carbocycles. The number of nitrogens with zero attached hydrogens (tertiary/aromatic N) is 1. The highest BCUT2D eigenvalue weighted by atomic mass is 32.2. The molecule has 2 heterocycles. The van der Waals surface area contributed by atoms with E-state index in [9.17, 15) is 9.59 Å². The molecule has 0 aromatic rings. The minimum atomic E-state index is -0.815. The number of carbonyl (C=O) groups excluding carboxylic acids is 1. The third-order valence-corrected chi connectivity index (χ3v) is 4.98. The molecule has 0 aromatic carbocycles. The van der Waals surface area contributed by atoms with Gasteiger partial charge in [-0.15, -0.1) is 0 Å². The van der Waals surface area contributed by atoms with E-state index in [0.29, 0.717) is 18.9 Å². The van der Waals surface area contributed by atoms with Gasteiger partial charge in [-0.3, -0.25) is 9.59 Å². The summed E-state index contributed by atoms with van der Waals surface area (Å²) < 4.78 is 0. The molecule has 0 saturated carbocycles. The van der Waals surface area contributed by atoms with E-state index in [0.717, 1.165) is 37.4 Å². The maximum atomic E-state index is 12.3. The lowest BCUT2D eigenvalue weighted by atomic mass is 10.0. The Morgan fingerprint density at radius 2 is 2.26 bits per heavy atom. The van der Waals surface area contributed by atoms with Crippen LogP contribution in [0.4, 0.5) is 0 Å². The molecule has 2 fully saturated rings. The van der Waals surface area contributed by atoms with Crippen LogP contribution in [0.15, 0.2) is 0 Å². The number of aliphatic carboxylic acids is 1. The molecule has 0 aromatic heterocycles. The second kappa shape index (κ2) is 7.14. The minimum Gasteiger partial charge on any atom is -0.481 e. The molecule has 2 atom stereocenters. The summed E-state index contributed by atoms with van der Waals surface area (Å²) in [4.78, 5) is 24.9. The van der Waals surface area contributed by atoms with Crippen molar-refractivity contribution in [3.8, 4) is 0 Å². The topological polar surface area (TPSA) is 69.6 Å². The van der Waals surface area contributed by atoms with Gasteiger partial charge in [-0.05, 0) is 31.8 Å². The number of amides is 1. The maximum Gasteiger partial charge on any atom is 0.305 e. The molecule has 0 spiro atoms. The molecule has 5 nitrogen and oxygen atoms in total. The van der Waals surface area contributed by atoms with E-state index in [1.54, 1.807) is 16.7 Å². The van der Waals surface area contributed by atoms with Crippen molar-refractivity contribution in [2.24, 2.45) is 5.92 Å². The van der Waals surface area contributed by atoms with Crippen LogP contribution in [0.5, 0.6) is 0 Å². The van der Waals surface area contributed by atoms with E-state index in [1.165, 1.54) is 0 Å². The highest BCUT2D eigenvalue weighted by molar-refractivity contribution is 7.99. The van der Waals surface area contributed by atoms with E-state index >= 15 is 0 Å². The van der Waals surface area contributed by atoms with Crippen LogP contribution in [0.2, 0.25) is 0 Å². The highest BCUT2D eigenvalue weighted by Crippen LogP contribution is 2.22. The second-order valence-corrected chi connectivity index (χ2v) is 6.46. The Balaban J connectivity index is 1.82. The highest BCUT2D eigenvalue weighted by Gasteiger charge is 2.29. The predicted octanol–water partition coefficient (Wildman–Crippen LogP) is 0.795. The van der Waals surface area contributed by atoms with Gasteiger partial charge in [0.1, 0.15) is 0 Å². The summed E-state index contributed by atoms with van der Waals surface area (Å²) in [5.74, 6) is 1.61. The van der Waals surface area contributed by atoms with E-state index < -0.39 is 5.97 Å². The van der Waals surface area contributed by atoms with Gasteiger partial charge >= 0.3 is 5.97 Å². The average Bonchev–Trinajstić information content (AvgIpc) is 2.89. The van der Waals surface area contributed by atoms with Crippen molar-refractivity contribution in [2.45, 2.75) is 31.7 Å². The number of rotatable bonds is 5. The maximum absolute atomic E-state index is 12.3. The Bertz CT molecular complexity index is 332. The Morgan fingerprint density at radius 1 is 1.42 bits per heavy atom. The Hall–Kier alpha value is -0.750. The Kier molecular flexibility index (Phi) is 5.51. The summed E-state index contributed by atoms with van der Waals surface area (Å²) in [6.07, 6.45) is 2.72. The summed E-state index contributed by atoms with van der Waals surface area (Å²) >= 11 is 1.74. The molecule has 2 aliphatic rings. The van der Waals surface area contributed by atoms with Gasteiger partial charge in [0.2, 0.25) is 5.91 Å². The van der Waals surface area contributed by atoms with Crippen molar-refractivity contribution in [1.29, 1.82) is 0 Å². The van der Waals surface area contributed by atoms with Gasteiger partial charge in [-0.1, -0.05) is 0 Å². The number of nitrogens with one attached hydrogen (secondary N) is 1. The Morgan fingerprint density at radius 3 is 2.95 bits per heavy atom. The van der Waals surface area contributed by atoms with Crippen molar-refractivity contribution < 1.29 is 14.7 Å². The monoisotopic (exact) mass is 286 g/mol. The molecule has 19 heavy (non-hydrogen) atoms. The van der Waals surface area contributed by atoms with Gasteiger partial charge in [0, 0.05) is 24.5 Å². The lowest BCUT2D eigenvalue weighted by Gasteiger charge is -2.35. The standard InChI is InChI=1S/C13H22N2O3S/c16-12(2-1-10-3-4-14-8-10)15-5-6-19-9-11(15)7-13(17)18/h10-11,14H,1-9H2,(H,17,18). The largest absolute Gasteiger partial charge is 0.481 e. The fourth-order valence-electron chi connectivity index (χ4n) is 2.79. The first kappa shape index (κ1) is 14.7. The van der Waals surface area contributed by atoms with Crippen LogP contribution in [0.25, 0.3) is 0 Å². The summed E-state index contributed by atoms with van der Waals surface area (Å²) in [6.45, 7) is 2.77. The fraction of sp³-hybridized carbons (Fsp3) is 0.846. The van der Waals surface area contributed by atoms with Crippen molar-refractivity contribution in [3.63, 3.8) is 0 Å². The predicted molar refractivity (Wildman–Crippen MR) is 75.3 cm³/mol. The van der Waals surface area contributed by atoms with Crippen LogP contribution >= 0.6 is 11.8 Å². The second-order valence-electron chi connectivity index (χ2n) is 5.31. The zero-order chi connectivity index (χ0) is 13.7. The number of carbonyl (C=O) groups is 2. The molecule has 108 valence electrons. The minimum absolute atomic E-state index is 0.0731. The molecule has 2 unspecified atom stereocenters. The molecule has 2 N–H and O–H groups in total. The van der Waals surface area contributed by atoms with E-state index in [2.05, 4.69) is 5.32 Å². The lowest BCUT2D eigenvalue weighted by Crippen LogP contribution is -2.47. The molecule has 1 amide bonds. The Labute approximate surface area is 118 Å². The van der Waals surface area contributed by atoms with Crippen LogP contribution in [0, 0.1) is 5.92 Å². The van der Waals surface area contributed by atoms with Gasteiger partial charge in [-0.2, -0.15) is 11.8 Å². The molecule has 2 rings (SSSR count). The van der Waals surface area contributed by atoms with E-state index in [4.69, 9.17) is 5.11 Å². The van der Waals surface area contributed by atoms with Crippen molar-refractivity contribution in [1.82, 2.24) is 10.2 Å². The average molecular weight is 286 g/mol. The summed E-state index contributed by atoms with van der Waals surface area (Å²) in [6, 6.07) is -0.120. The summed E-state index contributed by atoms with van der Waals surface area (Å²) in [5.41, 5.74) is 0. The third kappa shape index (κ3) is 4.38. The summed E-state index contributed by atoms with van der Waals surface area (Å²) in [5, 5.41) is 12.2. The summed E-state index contributed by atoms with van der Waals surface area (Å²) in [7, 11) is 0. The first-order valence-electron chi connectivity index (χ1n) is 6.96. The number of carboxylic acid groups (broad SMARTS) is 1. The SMILES string of the molecule is O=C(O)CC1CSCCN1C(=O)CCC1CCNC1. The lowest BCUT2D eigenvalue weighted by molar-refractivity contribution is -0.140. The molecule has 2 saturated heterocycles. The van der Waals surface area contributed by atoms with Crippen molar-refractivity contribution in [3.05, 3.63) is 0 Å². The fourth-order valence-corrected chi connectivity index (χ4v) is 3.85. The van der Waals surface area contributed by atoms with Gasteiger partial charge in [-0.25, -0.2) is 0 Å². The molecule has 0 radical (unpaired) electrons. The first-order valence-corrected chi connectivity index (χ1v) is 8.12. The smallest absolute Gasteiger partial charge is 0.305 e. The van der Waals surface area contributed by atoms with Gasteiger partial charge in [0.15, 0.2) is 0 Å². The van der Waals surface area contributed by atoms with Crippen LogP contribution in [0.1, 0.15) is 25.7 Å². The number of thioether (sulfide) groups is 1. The van der Waals surface area contributed by atoms with Crippen LogP contribution in [0.3, 0.4) is 0 Å². The van der Waals surface area contributed by atoms with Crippen LogP contribution in [-0.4, -0.2) is 59.1 Å². The van der Waals surface area contributed by atoms with Crippen molar-refractivity contribution >= 4 is 23.6 Å². The number of hydrogen-bond donors (Lipinski definition) is 2. The van der Waals surface area contributed by atoms with Crippen LogP contribution in [-0.2, 0) is 9.59 Å². The third-order valence-electron chi connectivity index (χ3n) is 3.89. The molecule has 2 aliphatic heterocycles. The van der Waals surface area contributed by atoms with E-state index in [1.807, 2.05) is 0 Å². The zero-order valence-electron chi connectivity index (χ0n) is 11.1. The van der Waals surface area contributed by atoms with Gasteiger partial charge in [0.05, 0.1) is 12.5 Å². The molecular weight excluding hydrogens is 264 g/mol. The molecule has 0 bridgehead atoms. The van der Waals surface area contributed by atoms with E-state index in [-0.39, 0.29) is 18.4 Å². The molecular formula is C13H22N2O3S. The zero-order valence-corrected chi connectivity index (χ0v) is 12.0. The first-order chi connectivity index (χ1) is 9.16. The van der Waals surface area contributed by atoms with Crippen molar-refractivity contribution in [2.75, 3.05) is 31.1 Å². The van der Waals surface area contributed by atoms with Gasteiger partial charge in [0.25, 0.3) is 0 Å². The quantitative estimate of drug-likeness (QED) is 0.782. The number of carboxylic acids is 1. The molecule has 6 heteroatoms. The van der Waals surface area contributed by atoms with Gasteiger partial charge < -0.3 is 15.3 Å².